The second-order valence-corrected chi connectivity index (χ2v) is 9.04. The van der Waals surface area contributed by atoms with Crippen LogP contribution in [0.3, 0.4) is 0 Å². The SMILES string of the molecule is COc1ccc(N2CCN(c3ccc(S(=O)(=O)N4CCOCC4)c[nH+]3)CC2)cc1. The number of nitrogens with zero attached hydrogens (tertiary/aromatic N) is 3. The van der Waals surface area contributed by atoms with Crippen molar-refractivity contribution in [1.29, 1.82) is 0 Å². The Morgan fingerprint density at radius 1 is 0.897 bits per heavy atom. The van der Waals surface area contributed by atoms with Gasteiger partial charge in [0.2, 0.25) is 10.0 Å². The minimum Gasteiger partial charge on any atom is -0.497 e. The van der Waals surface area contributed by atoms with Crippen molar-refractivity contribution < 1.29 is 22.9 Å². The van der Waals surface area contributed by atoms with Crippen LogP contribution in [0, 0.1) is 0 Å². The Labute approximate surface area is 171 Å². The Bertz CT molecular complexity index is 905. The molecular formula is C20H27N4O4S+. The summed E-state index contributed by atoms with van der Waals surface area (Å²) in [6.07, 6.45) is 1.59. The number of ether oxygens (including phenoxy) is 2. The third-order valence-corrected chi connectivity index (χ3v) is 7.33. The lowest BCUT2D eigenvalue weighted by molar-refractivity contribution is -0.367. The lowest BCUT2D eigenvalue weighted by atomic mass is 10.2. The zero-order valence-electron chi connectivity index (χ0n) is 16.6. The number of H-pyrrole nitrogens is 1. The van der Waals surface area contributed by atoms with Gasteiger partial charge >= 0.3 is 0 Å². The molecule has 1 aromatic carbocycles. The van der Waals surface area contributed by atoms with E-state index in [9.17, 15) is 8.42 Å². The highest BCUT2D eigenvalue weighted by atomic mass is 32.2. The summed E-state index contributed by atoms with van der Waals surface area (Å²) in [7, 11) is -1.81. The van der Waals surface area contributed by atoms with Gasteiger partial charge in [-0.25, -0.2) is 13.4 Å². The number of benzene rings is 1. The molecule has 0 aliphatic carbocycles. The van der Waals surface area contributed by atoms with Crippen LogP contribution in [-0.2, 0) is 14.8 Å². The fourth-order valence-corrected chi connectivity index (χ4v) is 5.07. The standard InChI is InChI=1S/C20H26N4O4S/c1-27-18-4-2-17(3-5-18)22-8-10-23(11-9-22)20-7-6-19(16-21-20)29(25,26)24-12-14-28-15-13-24/h2-7,16H,8-15H2,1H3/p+1. The van der Waals surface area contributed by atoms with Gasteiger partial charge in [-0.3, -0.25) is 4.90 Å². The number of nitrogens with one attached hydrogen (secondary N) is 1. The maximum Gasteiger partial charge on any atom is 0.274 e. The van der Waals surface area contributed by atoms with E-state index < -0.39 is 10.0 Å². The van der Waals surface area contributed by atoms with E-state index in [2.05, 4.69) is 26.9 Å². The van der Waals surface area contributed by atoms with Crippen molar-refractivity contribution in [3.05, 3.63) is 42.6 Å². The number of hydrogen-bond donors (Lipinski definition) is 0. The van der Waals surface area contributed by atoms with Crippen LogP contribution in [0.2, 0.25) is 0 Å². The van der Waals surface area contributed by atoms with Crippen molar-refractivity contribution >= 4 is 21.5 Å². The zero-order valence-corrected chi connectivity index (χ0v) is 17.4. The van der Waals surface area contributed by atoms with E-state index in [0.29, 0.717) is 31.2 Å². The molecule has 2 aliphatic rings. The van der Waals surface area contributed by atoms with E-state index in [1.54, 1.807) is 19.4 Å². The molecule has 8 nitrogen and oxygen atoms in total. The average molecular weight is 420 g/mol. The van der Waals surface area contributed by atoms with Gasteiger partial charge in [-0.15, -0.1) is 0 Å². The maximum absolute atomic E-state index is 12.7. The third kappa shape index (κ3) is 4.31. The first-order valence-corrected chi connectivity index (χ1v) is 11.3. The lowest BCUT2D eigenvalue weighted by Gasteiger charge is -2.32. The Hall–Kier alpha value is -2.36. The minimum absolute atomic E-state index is 0.292. The number of methoxy groups -OCH3 is 1. The molecule has 0 radical (unpaired) electrons. The summed E-state index contributed by atoms with van der Waals surface area (Å²) in [6.45, 7) is 5.20. The van der Waals surface area contributed by atoms with Crippen LogP contribution in [0.1, 0.15) is 0 Å². The highest BCUT2D eigenvalue weighted by Gasteiger charge is 2.29. The van der Waals surface area contributed by atoms with Crippen LogP contribution >= 0.6 is 0 Å². The summed E-state index contributed by atoms with van der Waals surface area (Å²) in [6, 6.07) is 11.6. The highest BCUT2D eigenvalue weighted by molar-refractivity contribution is 7.89. The van der Waals surface area contributed by atoms with Gasteiger partial charge in [-0.05, 0) is 30.3 Å². The van der Waals surface area contributed by atoms with Gasteiger partial charge in [-0.1, -0.05) is 0 Å². The molecule has 9 heteroatoms. The van der Waals surface area contributed by atoms with Crippen LogP contribution in [0.5, 0.6) is 5.75 Å². The van der Waals surface area contributed by atoms with E-state index in [1.165, 1.54) is 9.99 Å². The number of anilines is 2. The topological polar surface area (TPSA) is 76.5 Å². The van der Waals surface area contributed by atoms with Crippen molar-refractivity contribution in [2.24, 2.45) is 0 Å². The molecule has 0 saturated carbocycles. The smallest absolute Gasteiger partial charge is 0.274 e. The molecule has 3 heterocycles. The van der Waals surface area contributed by atoms with Gasteiger partial charge in [0.25, 0.3) is 5.82 Å². The fraction of sp³-hybridized carbons (Fsp3) is 0.450. The van der Waals surface area contributed by atoms with Gasteiger partial charge in [0.1, 0.15) is 29.9 Å². The van der Waals surface area contributed by atoms with Crippen LogP contribution in [0.15, 0.2) is 47.5 Å². The predicted molar refractivity (Wildman–Crippen MR) is 110 cm³/mol. The summed E-state index contributed by atoms with van der Waals surface area (Å²) >= 11 is 0. The zero-order chi connectivity index (χ0) is 20.3. The number of rotatable bonds is 5. The Morgan fingerprint density at radius 2 is 1.55 bits per heavy atom. The molecular weight excluding hydrogens is 392 g/mol. The Morgan fingerprint density at radius 3 is 2.14 bits per heavy atom. The van der Waals surface area contributed by atoms with Gasteiger partial charge < -0.3 is 14.4 Å². The van der Waals surface area contributed by atoms with Crippen LogP contribution in [0.25, 0.3) is 0 Å². The molecule has 0 spiro atoms. The maximum atomic E-state index is 12.7. The minimum atomic E-state index is -3.48. The van der Waals surface area contributed by atoms with Gasteiger partial charge in [0.15, 0.2) is 0 Å². The molecule has 0 atom stereocenters. The van der Waals surface area contributed by atoms with Crippen LogP contribution in [-0.4, -0.2) is 72.3 Å². The summed E-state index contributed by atoms with van der Waals surface area (Å²) < 4.78 is 37.4. The second-order valence-electron chi connectivity index (χ2n) is 7.10. The molecule has 156 valence electrons. The number of sulfonamides is 1. The highest BCUT2D eigenvalue weighted by Crippen LogP contribution is 2.22. The Kier molecular flexibility index (Phi) is 5.89. The normalized spacial score (nSPS) is 18.7. The van der Waals surface area contributed by atoms with Gasteiger partial charge in [0, 0.05) is 24.8 Å². The largest absolute Gasteiger partial charge is 0.497 e. The second kappa shape index (κ2) is 8.56. The van der Waals surface area contributed by atoms with Crippen LogP contribution < -0.4 is 19.5 Å². The van der Waals surface area contributed by atoms with Crippen molar-refractivity contribution in [3.63, 3.8) is 0 Å². The molecule has 1 aromatic heterocycles. The number of aromatic nitrogens is 1. The summed E-state index contributed by atoms with van der Waals surface area (Å²) in [5.74, 6) is 1.79. The quantitative estimate of drug-likeness (QED) is 0.716. The number of aromatic amines is 1. The van der Waals surface area contributed by atoms with E-state index in [-0.39, 0.29) is 0 Å². The van der Waals surface area contributed by atoms with Crippen LogP contribution in [0.4, 0.5) is 11.5 Å². The van der Waals surface area contributed by atoms with Crippen molar-refractivity contribution in [2.45, 2.75) is 4.90 Å². The number of piperazine rings is 1. The van der Waals surface area contributed by atoms with Crippen molar-refractivity contribution in [2.75, 3.05) is 69.4 Å². The Balaban J connectivity index is 1.38. The molecule has 2 aromatic rings. The first-order chi connectivity index (χ1) is 14.1. The average Bonchev–Trinajstić information content (AvgIpc) is 2.80. The molecule has 29 heavy (non-hydrogen) atoms. The first kappa shape index (κ1) is 19.9. The lowest BCUT2D eigenvalue weighted by Crippen LogP contribution is -2.48. The third-order valence-electron chi connectivity index (χ3n) is 5.43. The molecule has 0 bridgehead atoms. The number of hydrogen-bond acceptors (Lipinski definition) is 6. The molecule has 1 N–H and O–H groups in total. The summed E-state index contributed by atoms with van der Waals surface area (Å²) in [5, 5.41) is 0. The van der Waals surface area contributed by atoms with Gasteiger partial charge in [-0.2, -0.15) is 4.31 Å². The van der Waals surface area contributed by atoms with E-state index in [4.69, 9.17) is 9.47 Å². The monoisotopic (exact) mass is 419 g/mol. The van der Waals surface area contributed by atoms with Crippen molar-refractivity contribution in [1.82, 2.24) is 4.31 Å². The molecule has 0 amide bonds. The number of morpholine rings is 1. The molecule has 0 unspecified atom stereocenters. The summed E-state index contributed by atoms with van der Waals surface area (Å²) in [4.78, 5) is 8.05. The van der Waals surface area contributed by atoms with Gasteiger partial charge in [0.05, 0.1) is 33.4 Å². The molecule has 2 saturated heterocycles. The summed E-state index contributed by atoms with van der Waals surface area (Å²) in [5.41, 5.74) is 1.18. The van der Waals surface area contributed by atoms with E-state index in [0.717, 1.165) is 37.7 Å². The predicted octanol–water partition coefficient (Wildman–Crippen LogP) is 0.857. The fourth-order valence-electron chi connectivity index (χ4n) is 3.69. The van der Waals surface area contributed by atoms with Crippen molar-refractivity contribution in [3.8, 4) is 5.75 Å². The molecule has 2 aliphatic heterocycles. The molecule has 4 rings (SSSR count). The number of pyridine rings is 1. The van der Waals surface area contributed by atoms with E-state index >= 15 is 0 Å². The van der Waals surface area contributed by atoms with E-state index in [1.807, 2.05) is 18.2 Å². The first-order valence-electron chi connectivity index (χ1n) is 9.81. The molecule has 2 fully saturated rings.